The zero-order valence-corrected chi connectivity index (χ0v) is 32.5. The minimum atomic E-state index is -0.886. The van der Waals surface area contributed by atoms with Crippen LogP contribution in [0, 0.1) is 23.6 Å². The number of anilines is 1. The Morgan fingerprint density at radius 1 is 1.05 bits per heavy atom. The molecule has 2 aromatic carbocycles. The van der Waals surface area contributed by atoms with Gasteiger partial charge >= 0.3 is 6.09 Å². The molecule has 2 N–H and O–H groups in total. The van der Waals surface area contributed by atoms with Crippen molar-refractivity contribution in [1.29, 1.82) is 0 Å². The van der Waals surface area contributed by atoms with Gasteiger partial charge in [0.2, 0.25) is 11.8 Å². The molecule has 3 aliphatic heterocycles. The zero-order valence-electron chi connectivity index (χ0n) is 32.5. The number of hydrogen-bond donors (Lipinski definition) is 2. The van der Waals surface area contributed by atoms with Crippen molar-refractivity contribution in [3.8, 4) is 5.75 Å². The van der Waals surface area contributed by atoms with E-state index in [1.807, 2.05) is 37.3 Å². The fourth-order valence-electron chi connectivity index (χ4n) is 8.91. The van der Waals surface area contributed by atoms with Gasteiger partial charge in [0.1, 0.15) is 42.1 Å². The number of benzene rings is 2. The van der Waals surface area contributed by atoms with E-state index in [4.69, 9.17) is 18.9 Å². The quantitative estimate of drug-likeness (QED) is 0.242. The van der Waals surface area contributed by atoms with E-state index in [1.54, 1.807) is 33.9 Å². The molecule has 5 aliphatic rings. The van der Waals surface area contributed by atoms with Crippen LogP contribution in [0.15, 0.2) is 54.7 Å². The normalized spacial score (nSPS) is 22.1. The number of nitrogens with one attached hydrogen (secondary N) is 2. The minimum absolute atomic E-state index is 0.0755. The van der Waals surface area contributed by atoms with Crippen LogP contribution in [0.25, 0.3) is 0 Å². The van der Waals surface area contributed by atoms with Crippen molar-refractivity contribution in [2.75, 3.05) is 45.3 Å². The molecule has 0 bridgehead atoms. The van der Waals surface area contributed by atoms with Crippen LogP contribution >= 0.6 is 0 Å². The molecule has 1 aromatic heterocycles. The fourth-order valence-corrected chi connectivity index (χ4v) is 8.91. The number of aromatic nitrogens is 2. The van der Waals surface area contributed by atoms with Gasteiger partial charge < -0.3 is 39.4 Å². The maximum atomic E-state index is 16.4. The average molecular weight is 787 g/mol. The molecule has 2 saturated carbocycles. The number of carbonyl (C=O) groups excluding carboxylic acids is 4. The number of piperidine rings is 1. The van der Waals surface area contributed by atoms with E-state index in [9.17, 15) is 19.2 Å². The largest absolute Gasteiger partial charge is 0.487 e. The van der Waals surface area contributed by atoms with Gasteiger partial charge in [-0.15, -0.1) is 0 Å². The van der Waals surface area contributed by atoms with Gasteiger partial charge in [0.05, 0.1) is 24.4 Å². The molecular formula is C42H51FN6O8. The molecule has 3 aromatic rings. The number of nitrogens with zero attached hydrogens (tertiary/aromatic N) is 4. The Kier molecular flexibility index (Phi) is 11.2. The topological polar surface area (TPSA) is 154 Å². The Bertz CT molecular complexity index is 1950. The summed E-state index contributed by atoms with van der Waals surface area (Å²) in [6, 6.07) is 12.5. The Morgan fingerprint density at radius 2 is 1.79 bits per heavy atom. The second kappa shape index (κ2) is 16.5. The summed E-state index contributed by atoms with van der Waals surface area (Å²) in [6.07, 6.45) is 5.93. The first-order valence-electron chi connectivity index (χ1n) is 20.2. The molecule has 14 nitrogen and oxygen atoms in total. The van der Waals surface area contributed by atoms with E-state index in [0.29, 0.717) is 67.7 Å². The number of likely N-dealkylation sites (tertiary alicyclic amines) is 1. The van der Waals surface area contributed by atoms with Gasteiger partial charge in [-0.25, -0.2) is 9.18 Å². The van der Waals surface area contributed by atoms with Crippen molar-refractivity contribution in [2.24, 2.45) is 17.8 Å². The van der Waals surface area contributed by atoms with Crippen molar-refractivity contribution in [3.05, 3.63) is 77.4 Å². The van der Waals surface area contributed by atoms with E-state index in [2.05, 4.69) is 15.7 Å². The van der Waals surface area contributed by atoms with Crippen LogP contribution in [0.4, 0.5) is 14.9 Å². The molecule has 2 saturated heterocycles. The monoisotopic (exact) mass is 786 g/mol. The highest BCUT2D eigenvalue weighted by Gasteiger charge is 2.50. The molecule has 0 radical (unpaired) electrons. The lowest BCUT2D eigenvalue weighted by atomic mass is 9.79. The summed E-state index contributed by atoms with van der Waals surface area (Å²) < 4.78 is 41.4. The highest BCUT2D eigenvalue weighted by Crippen LogP contribution is 2.52. The Labute approximate surface area is 331 Å². The maximum absolute atomic E-state index is 16.4. The third-order valence-electron chi connectivity index (χ3n) is 12.2. The highest BCUT2D eigenvalue weighted by atomic mass is 19.1. The predicted octanol–water partition coefficient (Wildman–Crippen LogP) is 5.08. The van der Waals surface area contributed by atoms with Gasteiger partial charge in [-0.05, 0) is 68.1 Å². The molecule has 1 spiro atoms. The molecule has 3 atom stereocenters. The second-order valence-electron chi connectivity index (χ2n) is 16.1. The highest BCUT2D eigenvalue weighted by molar-refractivity contribution is 6.01. The Balaban J connectivity index is 1.05. The number of carbonyl (C=O) groups is 4. The van der Waals surface area contributed by atoms with Crippen LogP contribution in [0.1, 0.15) is 79.5 Å². The molecule has 15 heteroatoms. The van der Waals surface area contributed by atoms with Gasteiger partial charge in [0, 0.05) is 70.4 Å². The molecule has 4 fully saturated rings. The molecule has 1 unspecified atom stereocenters. The van der Waals surface area contributed by atoms with Crippen molar-refractivity contribution in [3.63, 3.8) is 0 Å². The van der Waals surface area contributed by atoms with Gasteiger partial charge in [-0.1, -0.05) is 30.3 Å². The zero-order chi connectivity index (χ0) is 39.7. The first-order valence-corrected chi connectivity index (χ1v) is 20.2. The summed E-state index contributed by atoms with van der Waals surface area (Å²) >= 11 is 0. The van der Waals surface area contributed by atoms with Gasteiger partial charge in [0.25, 0.3) is 5.91 Å². The lowest BCUT2D eigenvalue weighted by molar-refractivity contribution is -0.159. The summed E-state index contributed by atoms with van der Waals surface area (Å²) in [5.74, 6) is -0.939. The van der Waals surface area contributed by atoms with Gasteiger partial charge in [-0.3, -0.25) is 19.1 Å². The van der Waals surface area contributed by atoms with E-state index in [1.165, 1.54) is 12.1 Å². The third-order valence-corrected chi connectivity index (χ3v) is 12.2. The number of halogens is 1. The van der Waals surface area contributed by atoms with E-state index in [0.717, 1.165) is 31.2 Å². The smallest absolute Gasteiger partial charge is 0.410 e. The van der Waals surface area contributed by atoms with Gasteiger partial charge in [-0.2, -0.15) is 5.10 Å². The third kappa shape index (κ3) is 8.50. The minimum Gasteiger partial charge on any atom is -0.487 e. The lowest BCUT2D eigenvalue weighted by Gasteiger charge is -2.50. The van der Waals surface area contributed by atoms with Crippen LogP contribution < -0.4 is 15.4 Å². The molecule has 2 aliphatic carbocycles. The number of rotatable bonds is 13. The molecule has 57 heavy (non-hydrogen) atoms. The van der Waals surface area contributed by atoms with Crippen molar-refractivity contribution >= 4 is 29.5 Å². The summed E-state index contributed by atoms with van der Waals surface area (Å²) in [6.45, 7) is 3.63. The van der Waals surface area contributed by atoms with Crippen LogP contribution in [0.5, 0.6) is 5.75 Å². The number of ether oxygens (including phenoxy) is 4. The van der Waals surface area contributed by atoms with E-state index >= 15 is 4.39 Å². The molecule has 304 valence electrons. The van der Waals surface area contributed by atoms with E-state index in [-0.39, 0.29) is 50.0 Å². The summed E-state index contributed by atoms with van der Waals surface area (Å²) in [4.78, 5) is 57.9. The van der Waals surface area contributed by atoms with Crippen LogP contribution in [-0.2, 0) is 37.0 Å². The first-order chi connectivity index (χ1) is 27.6. The molecular weight excluding hydrogens is 735 g/mol. The second-order valence-corrected chi connectivity index (χ2v) is 16.1. The average Bonchev–Trinajstić information content (AvgIpc) is 4.17. The van der Waals surface area contributed by atoms with Crippen LogP contribution in [-0.4, -0.2) is 101 Å². The number of hydrogen-bond acceptors (Lipinski definition) is 9. The SMILES string of the molecule is CCn1nccc1C(=O)N[C@H](C(=O)Nc1cc2c(cc1F)C(N1C[C@@H](COC)OCC1=O)CC1(CCN(C(=O)OCc3ccccc3)CC1)O2)C(C1CC1)C1CC1. The number of morpholine rings is 1. The van der Waals surface area contributed by atoms with E-state index < -0.39 is 41.4 Å². The standard InChI is InChI=1S/C42H51FN6O8/c1-3-49-33(13-16-44-49)39(51)46-38(37(27-9-10-27)28-11-12-28)40(52)45-32-20-35-30(19-31(32)43)34(48-22-29(24-54-2)55-25-36(48)50)21-42(57-35)14-17-47(18-15-42)41(53)56-23-26-7-5-4-6-8-26/h4-8,13,16,19-20,27-29,34,37-38H,3,9-12,14-15,17-18,21-25H2,1-2H3,(H,45,52)(H,46,51)/t29-,34?,38-/m0/s1. The molecule has 8 rings (SSSR count). The summed E-state index contributed by atoms with van der Waals surface area (Å²) in [5.41, 5.74) is 0.847. The fraction of sp³-hybridized carbons (Fsp3) is 0.548. The van der Waals surface area contributed by atoms with Crippen LogP contribution in [0.3, 0.4) is 0 Å². The predicted molar refractivity (Wildman–Crippen MR) is 205 cm³/mol. The molecule has 4 amide bonds. The van der Waals surface area contributed by atoms with Crippen molar-refractivity contribution < 1.29 is 42.5 Å². The number of amides is 4. The summed E-state index contributed by atoms with van der Waals surface area (Å²) in [7, 11) is 1.57. The van der Waals surface area contributed by atoms with Crippen molar-refractivity contribution in [2.45, 2.75) is 88.8 Å². The Morgan fingerprint density at radius 3 is 2.47 bits per heavy atom. The number of fused-ring (bicyclic) bond motifs is 1. The Hall–Kier alpha value is -5.02. The van der Waals surface area contributed by atoms with Crippen LogP contribution in [0.2, 0.25) is 0 Å². The number of methoxy groups -OCH3 is 1. The first kappa shape index (κ1) is 38.8. The lowest BCUT2D eigenvalue weighted by Crippen LogP contribution is -2.56. The van der Waals surface area contributed by atoms with Gasteiger partial charge in [0.15, 0.2) is 0 Å². The van der Waals surface area contributed by atoms with Crippen molar-refractivity contribution in [1.82, 2.24) is 24.9 Å². The molecule has 4 heterocycles. The maximum Gasteiger partial charge on any atom is 0.410 e. The number of aryl methyl sites for hydroxylation is 1. The summed E-state index contributed by atoms with van der Waals surface area (Å²) in [5, 5.41) is 10.1.